The summed E-state index contributed by atoms with van der Waals surface area (Å²) in [5.41, 5.74) is 2.41. The molecule has 0 aliphatic rings. The van der Waals surface area contributed by atoms with Crippen molar-refractivity contribution in [3.8, 4) is 0 Å². The molecule has 1 N–H and O–H groups in total. The highest BCUT2D eigenvalue weighted by molar-refractivity contribution is 5.62. The first-order valence-electron chi connectivity index (χ1n) is 6.78. The highest BCUT2D eigenvalue weighted by Crippen LogP contribution is 2.26. The van der Waals surface area contributed by atoms with Gasteiger partial charge < -0.3 is 10.2 Å². The number of benzene rings is 1. The molecule has 0 saturated carbocycles. The number of rotatable bonds is 5. The molecule has 3 nitrogen and oxygen atoms in total. The maximum absolute atomic E-state index is 13.8. The minimum atomic E-state index is -0.235. The summed E-state index contributed by atoms with van der Waals surface area (Å²) in [6, 6.07) is 10.9. The summed E-state index contributed by atoms with van der Waals surface area (Å²) >= 11 is 0. The van der Waals surface area contributed by atoms with Crippen molar-refractivity contribution in [3.63, 3.8) is 0 Å². The van der Waals surface area contributed by atoms with Gasteiger partial charge in [0.05, 0.1) is 23.3 Å². The third-order valence-electron chi connectivity index (χ3n) is 3.49. The average Bonchev–Trinajstić information content (AvgIpc) is 2.49. The highest BCUT2D eigenvalue weighted by Gasteiger charge is 2.11. The maximum atomic E-state index is 13.8. The smallest absolute Gasteiger partial charge is 0.146 e. The number of pyridine rings is 1. The van der Waals surface area contributed by atoms with E-state index in [9.17, 15) is 4.39 Å². The van der Waals surface area contributed by atoms with Crippen molar-refractivity contribution >= 4 is 11.4 Å². The third kappa shape index (κ3) is 2.96. The molecule has 0 amide bonds. The van der Waals surface area contributed by atoms with Gasteiger partial charge in [-0.25, -0.2) is 4.39 Å². The Morgan fingerprint density at radius 1 is 1.25 bits per heavy atom. The first-order valence-corrected chi connectivity index (χ1v) is 6.78. The molecule has 0 aliphatic heterocycles. The highest BCUT2D eigenvalue weighted by atomic mass is 19.1. The van der Waals surface area contributed by atoms with E-state index in [4.69, 9.17) is 0 Å². The van der Waals surface area contributed by atoms with Crippen LogP contribution in [0.1, 0.15) is 25.1 Å². The van der Waals surface area contributed by atoms with Crippen molar-refractivity contribution < 1.29 is 4.39 Å². The van der Waals surface area contributed by atoms with Crippen LogP contribution in [0.3, 0.4) is 0 Å². The number of anilines is 2. The van der Waals surface area contributed by atoms with Crippen LogP contribution in [-0.2, 0) is 0 Å². The van der Waals surface area contributed by atoms with Crippen LogP contribution < -0.4 is 10.2 Å². The second-order valence-corrected chi connectivity index (χ2v) is 4.70. The molecule has 106 valence electrons. The zero-order chi connectivity index (χ0) is 14.5. The monoisotopic (exact) mass is 273 g/mol. The predicted octanol–water partition coefficient (Wildman–Crippen LogP) is 3.66. The van der Waals surface area contributed by atoms with Crippen molar-refractivity contribution in [1.29, 1.82) is 0 Å². The fraction of sp³-hybridized carbons (Fsp3) is 0.312. The number of para-hydroxylation sites is 1. The van der Waals surface area contributed by atoms with Crippen LogP contribution in [0.4, 0.5) is 15.8 Å². The molecule has 0 aliphatic carbocycles. The van der Waals surface area contributed by atoms with Crippen LogP contribution in [0.5, 0.6) is 0 Å². The molecule has 0 fully saturated rings. The normalized spacial score (nSPS) is 12.2. The first kappa shape index (κ1) is 14.5. The Bertz CT molecular complexity index is 550. The van der Waals surface area contributed by atoms with Crippen molar-refractivity contribution in [2.45, 2.75) is 19.4 Å². The molecule has 4 heteroatoms. The Balaban J connectivity index is 2.24. The maximum Gasteiger partial charge on any atom is 0.146 e. The van der Waals surface area contributed by atoms with Gasteiger partial charge in [0.1, 0.15) is 5.82 Å². The third-order valence-corrected chi connectivity index (χ3v) is 3.49. The summed E-state index contributed by atoms with van der Waals surface area (Å²) < 4.78 is 13.8. The summed E-state index contributed by atoms with van der Waals surface area (Å²) in [5, 5.41) is 3.22. The molecule has 0 saturated heterocycles. The van der Waals surface area contributed by atoms with Crippen molar-refractivity contribution in [3.05, 3.63) is 54.1 Å². The number of nitrogens with one attached hydrogen (secondary N) is 1. The molecule has 0 bridgehead atoms. The molecule has 1 atom stereocenters. The van der Waals surface area contributed by atoms with Gasteiger partial charge in [0.2, 0.25) is 0 Å². The quantitative estimate of drug-likeness (QED) is 0.901. The van der Waals surface area contributed by atoms with E-state index in [2.05, 4.69) is 17.2 Å². The Labute approximate surface area is 119 Å². The average molecular weight is 273 g/mol. The van der Waals surface area contributed by atoms with Crippen molar-refractivity contribution in [2.24, 2.45) is 0 Å². The fourth-order valence-corrected chi connectivity index (χ4v) is 2.23. The van der Waals surface area contributed by atoms with Gasteiger partial charge >= 0.3 is 0 Å². The van der Waals surface area contributed by atoms with Gasteiger partial charge in [0.15, 0.2) is 0 Å². The molecule has 1 aromatic carbocycles. The van der Waals surface area contributed by atoms with E-state index in [1.54, 1.807) is 23.2 Å². The van der Waals surface area contributed by atoms with Crippen LogP contribution in [0.25, 0.3) is 0 Å². The SMILES string of the molecule is CCC(NC)c1ccc(N(C)c2ccccc2F)cn1. The second-order valence-electron chi connectivity index (χ2n) is 4.70. The van der Waals surface area contributed by atoms with E-state index in [-0.39, 0.29) is 11.9 Å². The summed E-state index contributed by atoms with van der Waals surface area (Å²) in [6.45, 7) is 2.11. The molecule has 1 aromatic heterocycles. The van der Waals surface area contributed by atoms with E-state index in [0.717, 1.165) is 17.8 Å². The van der Waals surface area contributed by atoms with E-state index in [0.29, 0.717) is 5.69 Å². The molecule has 2 rings (SSSR count). The van der Waals surface area contributed by atoms with Gasteiger partial charge in [-0.2, -0.15) is 0 Å². The van der Waals surface area contributed by atoms with Gasteiger partial charge in [-0.3, -0.25) is 4.98 Å². The second kappa shape index (κ2) is 6.48. The van der Waals surface area contributed by atoms with Crippen LogP contribution in [-0.4, -0.2) is 19.1 Å². The number of nitrogens with zero attached hydrogens (tertiary/aromatic N) is 2. The number of aromatic nitrogens is 1. The topological polar surface area (TPSA) is 28.2 Å². The molecule has 1 heterocycles. The number of hydrogen-bond acceptors (Lipinski definition) is 3. The van der Waals surface area contributed by atoms with Gasteiger partial charge in [0, 0.05) is 13.1 Å². The lowest BCUT2D eigenvalue weighted by molar-refractivity contribution is 0.561. The molecule has 0 radical (unpaired) electrons. The summed E-state index contributed by atoms with van der Waals surface area (Å²) in [5.74, 6) is -0.235. The minimum absolute atomic E-state index is 0.235. The number of halogens is 1. The van der Waals surface area contributed by atoms with Crippen LogP contribution in [0, 0.1) is 5.82 Å². The van der Waals surface area contributed by atoms with Gasteiger partial charge in [0.25, 0.3) is 0 Å². The summed E-state index contributed by atoms with van der Waals surface area (Å²) in [6.07, 6.45) is 2.76. The molecule has 2 aromatic rings. The van der Waals surface area contributed by atoms with Crippen LogP contribution in [0.15, 0.2) is 42.6 Å². The minimum Gasteiger partial charge on any atom is -0.341 e. The standard InChI is InChI=1S/C16H20FN3/c1-4-14(18-2)15-10-9-12(11-19-15)20(3)16-8-6-5-7-13(16)17/h5-11,14,18H,4H2,1-3H3. The Hall–Kier alpha value is -1.94. The lowest BCUT2D eigenvalue weighted by Gasteiger charge is -2.21. The molecular formula is C16H20FN3. The molecular weight excluding hydrogens is 253 g/mol. The van der Waals surface area contributed by atoms with Gasteiger partial charge in [-0.05, 0) is 37.7 Å². The van der Waals surface area contributed by atoms with Crippen molar-refractivity contribution in [1.82, 2.24) is 10.3 Å². The Morgan fingerprint density at radius 3 is 2.55 bits per heavy atom. The molecule has 20 heavy (non-hydrogen) atoms. The van der Waals surface area contributed by atoms with Crippen molar-refractivity contribution in [2.75, 3.05) is 19.0 Å². The lowest BCUT2D eigenvalue weighted by Crippen LogP contribution is -2.17. The lowest BCUT2D eigenvalue weighted by atomic mass is 10.1. The van der Waals surface area contributed by atoms with E-state index in [1.165, 1.54) is 6.07 Å². The zero-order valence-electron chi connectivity index (χ0n) is 12.1. The molecule has 0 spiro atoms. The van der Waals surface area contributed by atoms with E-state index < -0.39 is 0 Å². The summed E-state index contributed by atoms with van der Waals surface area (Å²) in [4.78, 5) is 6.27. The van der Waals surface area contributed by atoms with E-state index in [1.807, 2.05) is 32.3 Å². The zero-order valence-corrected chi connectivity index (χ0v) is 12.1. The summed E-state index contributed by atoms with van der Waals surface area (Å²) in [7, 11) is 3.76. The van der Waals surface area contributed by atoms with Gasteiger partial charge in [-0.1, -0.05) is 19.1 Å². The number of hydrogen-bond donors (Lipinski definition) is 1. The Morgan fingerprint density at radius 2 is 2.00 bits per heavy atom. The van der Waals surface area contributed by atoms with E-state index >= 15 is 0 Å². The first-order chi connectivity index (χ1) is 9.67. The predicted molar refractivity (Wildman–Crippen MR) is 80.8 cm³/mol. The van der Waals surface area contributed by atoms with Crippen LogP contribution >= 0.6 is 0 Å². The molecule has 1 unspecified atom stereocenters. The van der Waals surface area contributed by atoms with Crippen LogP contribution in [0.2, 0.25) is 0 Å². The fourth-order valence-electron chi connectivity index (χ4n) is 2.23. The Kier molecular flexibility index (Phi) is 4.69. The van der Waals surface area contributed by atoms with Gasteiger partial charge in [-0.15, -0.1) is 0 Å². The largest absolute Gasteiger partial charge is 0.341 e.